The summed E-state index contributed by atoms with van der Waals surface area (Å²) in [6, 6.07) is 23.9. The molecule has 0 aliphatic carbocycles. The van der Waals surface area contributed by atoms with Crippen molar-refractivity contribution in [1.82, 2.24) is 0 Å². The fourth-order valence-electron chi connectivity index (χ4n) is 2.33. The predicted molar refractivity (Wildman–Crippen MR) is 101 cm³/mol. The topological polar surface area (TPSA) is 27.7 Å². The van der Waals surface area contributed by atoms with Crippen LogP contribution in [0.4, 0.5) is 0 Å². The first-order chi connectivity index (χ1) is 12.1. The van der Waals surface area contributed by atoms with Gasteiger partial charge in [-0.3, -0.25) is 0 Å². The molecule has 3 aromatic rings. The summed E-state index contributed by atoms with van der Waals surface area (Å²) in [4.78, 5) is 0. The van der Waals surface area contributed by atoms with Crippen molar-refractivity contribution >= 4 is 23.1 Å². The average Bonchev–Trinajstić information content (AvgIpc) is 2.55. The molecule has 0 saturated heterocycles. The Morgan fingerprint density at radius 3 is 1.12 bits per heavy atom. The van der Waals surface area contributed by atoms with E-state index in [0.717, 1.165) is 33.9 Å². The SMILES string of the molecule is Cc1cccc([O][Bi]([O]c2cccc(C)c2)[O]c2cccc(C)c2)c1. The van der Waals surface area contributed by atoms with Gasteiger partial charge in [0.15, 0.2) is 0 Å². The zero-order valence-corrected chi connectivity index (χ0v) is 18.1. The predicted octanol–water partition coefficient (Wildman–Crippen LogP) is 5.13. The third-order valence-electron chi connectivity index (χ3n) is 3.51. The van der Waals surface area contributed by atoms with Gasteiger partial charge in [0.05, 0.1) is 0 Å². The second-order valence-electron chi connectivity index (χ2n) is 5.95. The molecule has 0 spiro atoms. The molecule has 3 nitrogen and oxygen atoms in total. The van der Waals surface area contributed by atoms with Gasteiger partial charge in [0, 0.05) is 0 Å². The molecule has 0 N–H and O–H groups in total. The van der Waals surface area contributed by atoms with Crippen LogP contribution in [0.25, 0.3) is 0 Å². The van der Waals surface area contributed by atoms with Gasteiger partial charge < -0.3 is 0 Å². The Morgan fingerprint density at radius 2 is 0.840 bits per heavy atom. The van der Waals surface area contributed by atoms with Gasteiger partial charge in [-0.05, 0) is 0 Å². The zero-order chi connectivity index (χ0) is 17.6. The standard InChI is InChI=1S/3C7H8O.Bi/c3*1-6-3-2-4-7(8)5-6;/h3*2-5,8H,1H3;/q;;;+3/p-3. The van der Waals surface area contributed by atoms with E-state index in [-0.39, 0.29) is 0 Å². The third-order valence-corrected chi connectivity index (χ3v) is 7.71. The van der Waals surface area contributed by atoms with Gasteiger partial charge in [-0.2, -0.15) is 0 Å². The molecule has 0 aromatic heterocycles. The van der Waals surface area contributed by atoms with Crippen molar-refractivity contribution in [1.29, 1.82) is 0 Å². The van der Waals surface area contributed by atoms with Gasteiger partial charge >= 0.3 is 159 Å². The summed E-state index contributed by atoms with van der Waals surface area (Å²) < 4.78 is 18.4. The summed E-state index contributed by atoms with van der Waals surface area (Å²) in [6.07, 6.45) is 0. The molecule has 25 heavy (non-hydrogen) atoms. The van der Waals surface area contributed by atoms with Crippen molar-refractivity contribution < 1.29 is 8.44 Å². The van der Waals surface area contributed by atoms with Crippen LogP contribution in [-0.2, 0) is 0 Å². The van der Waals surface area contributed by atoms with Crippen molar-refractivity contribution in [3.63, 3.8) is 0 Å². The Kier molecular flexibility index (Phi) is 5.93. The van der Waals surface area contributed by atoms with Crippen molar-refractivity contribution in [2.24, 2.45) is 0 Å². The third kappa shape index (κ3) is 5.47. The van der Waals surface area contributed by atoms with Gasteiger partial charge in [-0.15, -0.1) is 0 Å². The maximum absolute atomic E-state index is 6.14. The van der Waals surface area contributed by atoms with Gasteiger partial charge in [-0.25, -0.2) is 0 Å². The van der Waals surface area contributed by atoms with E-state index in [1.54, 1.807) is 0 Å². The first-order valence-electron chi connectivity index (χ1n) is 8.12. The summed E-state index contributed by atoms with van der Waals surface area (Å²) in [5.74, 6) is 2.37. The molecule has 0 amide bonds. The van der Waals surface area contributed by atoms with Crippen LogP contribution in [0.2, 0.25) is 0 Å². The molecule has 0 radical (unpaired) electrons. The second kappa shape index (κ2) is 8.35. The molecule has 0 aliphatic rings. The normalized spacial score (nSPS) is 10.6. The summed E-state index contributed by atoms with van der Waals surface area (Å²) in [5.41, 5.74) is 3.44. The molecule has 4 heteroatoms. The van der Waals surface area contributed by atoms with Crippen LogP contribution in [0.15, 0.2) is 72.8 Å². The van der Waals surface area contributed by atoms with Crippen LogP contribution in [0.5, 0.6) is 17.2 Å². The molecular formula is C21H21BiO3. The first kappa shape index (κ1) is 17.8. The van der Waals surface area contributed by atoms with E-state index in [1.165, 1.54) is 0 Å². The van der Waals surface area contributed by atoms with E-state index in [0.29, 0.717) is 0 Å². The zero-order valence-electron chi connectivity index (χ0n) is 14.6. The molecule has 0 atom stereocenters. The van der Waals surface area contributed by atoms with Crippen LogP contribution < -0.4 is 8.44 Å². The van der Waals surface area contributed by atoms with Gasteiger partial charge in [0.2, 0.25) is 0 Å². The van der Waals surface area contributed by atoms with E-state index < -0.39 is 23.1 Å². The van der Waals surface area contributed by atoms with Crippen LogP contribution in [0.1, 0.15) is 16.7 Å². The Bertz CT molecular complexity index is 735. The Morgan fingerprint density at radius 1 is 0.520 bits per heavy atom. The summed E-state index contributed by atoms with van der Waals surface area (Å²) in [7, 11) is 0. The summed E-state index contributed by atoms with van der Waals surface area (Å²) in [5, 5.41) is 0. The molecular weight excluding hydrogens is 509 g/mol. The second-order valence-corrected chi connectivity index (χ2v) is 9.81. The van der Waals surface area contributed by atoms with E-state index in [1.807, 2.05) is 93.6 Å². The number of rotatable bonds is 6. The molecule has 0 saturated carbocycles. The number of hydrogen-bond donors (Lipinski definition) is 0. The van der Waals surface area contributed by atoms with Crippen LogP contribution >= 0.6 is 0 Å². The molecule has 0 fully saturated rings. The minimum atomic E-state index is -3.22. The summed E-state index contributed by atoms with van der Waals surface area (Å²) in [6.45, 7) is 6.12. The van der Waals surface area contributed by atoms with Crippen molar-refractivity contribution in [2.75, 3.05) is 0 Å². The van der Waals surface area contributed by atoms with E-state index >= 15 is 0 Å². The van der Waals surface area contributed by atoms with E-state index in [4.69, 9.17) is 8.44 Å². The molecule has 128 valence electrons. The fraction of sp³-hybridized carbons (Fsp3) is 0.143. The van der Waals surface area contributed by atoms with E-state index in [9.17, 15) is 0 Å². The van der Waals surface area contributed by atoms with Crippen LogP contribution in [0, 0.1) is 20.8 Å². The first-order valence-corrected chi connectivity index (χ1v) is 12.4. The summed E-state index contributed by atoms with van der Waals surface area (Å²) >= 11 is -3.22. The molecule has 3 aromatic carbocycles. The van der Waals surface area contributed by atoms with Gasteiger partial charge in [0.1, 0.15) is 0 Å². The molecule has 0 bridgehead atoms. The Labute approximate surface area is 158 Å². The van der Waals surface area contributed by atoms with Crippen LogP contribution in [0.3, 0.4) is 0 Å². The van der Waals surface area contributed by atoms with Crippen molar-refractivity contribution in [3.8, 4) is 17.2 Å². The number of hydrogen-bond acceptors (Lipinski definition) is 3. The number of aryl methyl sites for hydroxylation is 3. The average molecular weight is 530 g/mol. The van der Waals surface area contributed by atoms with Crippen molar-refractivity contribution in [2.45, 2.75) is 20.8 Å². The fourth-order valence-corrected chi connectivity index (χ4v) is 6.10. The maximum atomic E-state index is 6.14. The number of benzene rings is 3. The monoisotopic (exact) mass is 530 g/mol. The van der Waals surface area contributed by atoms with Crippen LogP contribution in [-0.4, -0.2) is 23.1 Å². The molecule has 3 rings (SSSR count). The molecule has 0 unspecified atom stereocenters. The quantitative estimate of drug-likeness (QED) is 0.414. The van der Waals surface area contributed by atoms with E-state index in [2.05, 4.69) is 0 Å². The Balaban J connectivity index is 1.82. The van der Waals surface area contributed by atoms with Crippen molar-refractivity contribution in [3.05, 3.63) is 89.5 Å². The molecule has 0 aliphatic heterocycles. The van der Waals surface area contributed by atoms with Gasteiger partial charge in [0.25, 0.3) is 0 Å². The van der Waals surface area contributed by atoms with Gasteiger partial charge in [-0.1, -0.05) is 0 Å². The molecule has 0 heterocycles. The Hall–Kier alpha value is -2.06. The minimum absolute atomic E-state index is 0.790.